The molecule has 0 saturated heterocycles. The summed E-state index contributed by atoms with van der Waals surface area (Å²) in [7, 11) is -3.85. The van der Waals surface area contributed by atoms with Gasteiger partial charge in [0.15, 0.2) is 0 Å². The van der Waals surface area contributed by atoms with Crippen LogP contribution in [0, 0.1) is 5.82 Å². The number of ether oxygens (including phenoxy) is 1. The Kier molecular flexibility index (Phi) is 5.36. The molecule has 0 radical (unpaired) electrons. The number of benzene rings is 2. The standard InChI is InChI=1S/C22H26FNO3S/c1-16(18-12-8-9-13-19(18)23)14-20-24-28(25,26)22(4,21(2,3)27-20)15-17-10-6-5-7-11-17/h5-13,16H,14-15H2,1-4H3/t16-,22?/m1/s1. The zero-order valence-corrected chi connectivity index (χ0v) is 17.5. The van der Waals surface area contributed by atoms with Crippen molar-refractivity contribution in [3.8, 4) is 0 Å². The average molecular weight is 404 g/mol. The zero-order chi connectivity index (χ0) is 20.6. The Morgan fingerprint density at radius 3 is 2.25 bits per heavy atom. The fourth-order valence-corrected chi connectivity index (χ4v) is 5.17. The molecule has 6 heteroatoms. The van der Waals surface area contributed by atoms with Gasteiger partial charge in [-0.2, -0.15) is 0 Å². The van der Waals surface area contributed by atoms with Crippen molar-refractivity contribution >= 4 is 15.9 Å². The van der Waals surface area contributed by atoms with E-state index in [1.54, 1.807) is 39.0 Å². The second-order valence-electron chi connectivity index (χ2n) is 8.09. The fourth-order valence-electron chi connectivity index (χ4n) is 3.58. The Bertz CT molecular complexity index is 986. The van der Waals surface area contributed by atoms with Gasteiger partial charge in [-0.1, -0.05) is 55.5 Å². The van der Waals surface area contributed by atoms with E-state index in [1.807, 2.05) is 37.3 Å². The molecule has 4 nitrogen and oxygen atoms in total. The van der Waals surface area contributed by atoms with Gasteiger partial charge in [0.05, 0.1) is 0 Å². The summed E-state index contributed by atoms with van der Waals surface area (Å²) in [6.45, 7) is 7.06. The molecular formula is C22H26FNO3S. The summed E-state index contributed by atoms with van der Waals surface area (Å²) in [5.74, 6) is -0.446. The number of hydrogen-bond donors (Lipinski definition) is 0. The zero-order valence-electron chi connectivity index (χ0n) is 16.6. The summed E-state index contributed by atoms with van der Waals surface area (Å²) in [5, 5.41) is 0. The van der Waals surface area contributed by atoms with Crippen LogP contribution in [0.25, 0.3) is 0 Å². The molecule has 1 aliphatic heterocycles. The van der Waals surface area contributed by atoms with Crippen molar-refractivity contribution in [3.63, 3.8) is 0 Å². The van der Waals surface area contributed by atoms with E-state index in [0.29, 0.717) is 12.0 Å². The van der Waals surface area contributed by atoms with Gasteiger partial charge in [0.25, 0.3) is 10.0 Å². The van der Waals surface area contributed by atoms with Gasteiger partial charge in [0.1, 0.15) is 16.2 Å². The molecule has 0 bridgehead atoms. The highest BCUT2D eigenvalue weighted by atomic mass is 32.2. The second kappa shape index (κ2) is 7.32. The third kappa shape index (κ3) is 3.70. The van der Waals surface area contributed by atoms with Crippen LogP contribution in [0.15, 0.2) is 59.0 Å². The van der Waals surface area contributed by atoms with Crippen molar-refractivity contribution in [1.82, 2.24) is 0 Å². The van der Waals surface area contributed by atoms with Crippen LogP contribution in [-0.2, 0) is 21.2 Å². The maximum absolute atomic E-state index is 14.1. The third-order valence-electron chi connectivity index (χ3n) is 5.74. The van der Waals surface area contributed by atoms with E-state index in [0.717, 1.165) is 5.56 Å². The number of sulfonamides is 1. The Hall–Kier alpha value is -2.21. The van der Waals surface area contributed by atoms with Crippen molar-refractivity contribution < 1.29 is 17.5 Å². The van der Waals surface area contributed by atoms with E-state index in [2.05, 4.69) is 4.40 Å². The molecule has 150 valence electrons. The lowest BCUT2D eigenvalue weighted by Gasteiger charge is -2.45. The molecule has 0 N–H and O–H groups in total. The summed E-state index contributed by atoms with van der Waals surface area (Å²) in [5.41, 5.74) is 0.429. The van der Waals surface area contributed by atoms with Gasteiger partial charge in [-0.15, -0.1) is 4.40 Å². The summed E-state index contributed by atoms with van der Waals surface area (Å²) in [6, 6.07) is 15.9. The van der Waals surface area contributed by atoms with E-state index in [-0.39, 0.29) is 24.1 Å². The SMILES string of the molecule is C[C@H](CC1=NS(=O)(=O)C(C)(Cc2ccccc2)C(C)(C)O1)c1ccccc1F. The molecule has 1 aliphatic rings. The lowest BCUT2D eigenvalue weighted by atomic mass is 9.85. The largest absolute Gasteiger partial charge is 0.472 e. The molecule has 28 heavy (non-hydrogen) atoms. The molecule has 0 fully saturated rings. The maximum Gasteiger partial charge on any atom is 0.265 e. The maximum atomic E-state index is 14.1. The predicted octanol–water partition coefficient (Wildman–Crippen LogP) is 4.86. The second-order valence-corrected chi connectivity index (χ2v) is 10.1. The van der Waals surface area contributed by atoms with E-state index < -0.39 is 20.4 Å². The monoisotopic (exact) mass is 403 g/mol. The quantitative estimate of drug-likeness (QED) is 0.716. The summed E-state index contributed by atoms with van der Waals surface area (Å²) in [4.78, 5) is 0. The molecule has 3 rings (SSSR count). The first-order valence-electron chi connectivity index (χ1n) is 9.36. The summed E-state index contributed by atoms with van der Waals surface area (Å²) < 4.78 is 49.3. The summed E-state index contributed by atoms with van der Waals surface area (Å²) >= 11 is 0. The first-order valence-corrected chi connectivity index (χ1v) is 10.8. The Morgan fingerprint density at radius 2 is 1.64 bits per heavy atom. The fraction of sp³-hybridized carbons (Fsp3) is 0.409. The first kappa shape index (κ1) is 20.5. The molecule has 0 amide bonds. The van der Waals surface area contributed by atoms with Gasteiger partial charge in [0.2, 0.25) is 5.90 Å². The minimum Gasteiger partial charge on any atom is -0.472 e. The lowest BCUT2D eigenvalue weighted by Crippen LogP contribution is -2.59. The molecule has 0 spiro atoms. The molecule has 0 aromatic heterocycles. The number of halogens is 1. The van der Waals surface area contributed by atoms with Crippen LogP contribution in [0.5, 0.6) is 0 Å². The van der Waals surface area contributed by atoms with Crippen molar-refractivity contribution in [1.29, 1.82) is 0 Å². The van der Waals surface area contributed by atoms with Crippen molar-refractivity contribution in [3.05, 3.63) is 71.5 Å². The summed E-state index contributed by atoms with van der Waals surface area (Å²) in [6.07, 6.45) is 0.508. The van der Waals surface area contributed by atoms with Gasteiger partial charge in [-0.3, -0.25) is 0 Å². The van der Waals surface area contributed by atoms with Crippen LogP contribution in [-0.4, -0.2) is 24.7 Å². The van der Waals surface area contributed by atoms with E-state index in [4.69, 9.17) is 4.74 Å². The van der Waals surface area contributed by atoms with Crippen molar-refractivity contribution in [2.45, 2.75) is 56.8 Å². The van der Waals surface area contributed by atoms with Crippen LogP contribution in [0.1, 0.15) is 51.2 Å². The van der Waals surface area contributed by atoms with Gasteiger partial charge in [0, 0.05) is 6.42 Å². The van der Waals surface area contributed by atoms with Gasteiger partial charge >= 0.3 is 0 Å². The molecular weight excluding hydrogens is 377 g/mol. The van der Waals surface area contributed by atoms with Crippen LogP contribution >= 0.6 is 0 Å². The van der Waals surface area contributed by atoms with Gasteiger partial charge in [-0.05, 0) is 50.3 Å². The average Bonchev–Trinajstić information content (AvgIpc) is 2.60. The first-order chi connectivity index (χ1) is 13.1. The van der Waals surface area contributed by atoms with Crippen LogP contribution in [0.2, 0.25) is 0 Å². The molecule has 2 atom stereocenters. The molecule has 1 unspecified atom stereocenters. The van der Waals surface area contributed by atoms with Crippen LogP contribution in [0.4, 0.5) is 4.39 Å². The molecule has 2 aromatic rings. The van der Waals surface area contributed by atoms with Gasteiger partial charge in [-0.25, -0.2) is 12.8 Å². The minimum absolute atomic E-state index is 0.131. The molecule has 0 saturated carbocycles. The molecule has 0 aliphatic carbocycles. The van der Waals surface area contributed by atoms with E-state index in [9.17, 15) is 12.8 Å². The normalized spacial score (nSPS) is 24.1. The number of nitrogens with zero attached hydrogens (tertiary/aromatic N) is 1. The highest BCUT2D eigenvalue weighted by molar-refractivity contribution is 7.91. The smallest absolute Gasteiger partial charge is 0.265 e. The molecule has 2 aromatic carbocycles. The Balaban J connectivity index is 1.91. The van der Waals surface area contributed by atoms with Crippen molar-refractivity contribution in [2.75, 3.05) is 0 Å². The third-order valence-corrected chi connectivity index (χ3v) is 7.96. The highest BCUT2D eigenvalue weighted by Crippen LogP contribution is 2.42. The minimum atomic E-state index is -3.85. The number of hydrogen-bond acceptors (Lipinski definition) is 3. The highest BCUT2D eigenvalue weighted by Gasteiger charge is 2.56. The molecule has 1 heterocycles. The van der Waals surface area contributed by atoms with E-state index >= 15 is 0 Å². The van der Waals surface area contributed by atoms with E-state index in [1.165, 1.54) is 6.07 Å². The van der Waals surface area contributed by atoms with Gasteiger partial charge < -0.3 is 4.74 Å². The topological polar surface area (TPSA) is 55.7 Å². The lowest BCUT2D eigenvalue weighted by molar-refractivity contribution is 0.0440. The van der Waals surface area contributed by atoms with Crippen molar-refractivity contribution in [2.24, 2.45) is 4.40 Å². The predicted molar refractivity (Wildman–Crippen MR) is 110 cm³/mol. The Morgan fingerprint density at radius 1 is 1.04 bits per heavy atom. The van der Waals surface area contributed by atoms with Crippen LogP contribution in [0.3, 0.4) is 0 Å². The van der Waals surface area contributed by atoms with Crippen LogP contribution < -0.4 is 0 Å². The number of rotatable bonds is 5. The Labute approximate surface area is 166 Å².